The van der Waals surface area contributed by atoms with E-state index < -0.39 is 6.10 Å². The van der Waals surface area contributed by atoms with Crippen molar-refractivity contribution in [2.75, 3.05) is 13.2 Å². The molecule has 0 fully saturated rings. The summed E-state index contributed by atoms with van der Waals surface area (Å²) in [6, 6.07) is 15.5. The van der Waals surface area contributed by atoms with Gasteiger partial charge in [0.2, 0.25) is 5.91 Å². The molecule has 0 saturated carbocycles. The lowest BCUT2D eigenvalue weighted by atomic mass is 9.95. The zero-order valence-electron chi connectivity index (χ0n) is 13.9. The SMILES string of the molecule is CC[C@H](C(=O)NC[C@H](O)c1ccc2c(c1)CCO2)c1ccccc1. The van der Waals surface area contributed by atoms with Crippen LogP contribution in [0.5, 0.6) is 5.75 Å². The summed E-state index contributed by atoms with van der Waals surface area (Å²) in [4.78, 5) is 12.5. The van der Waals surface area contributed by atoms with Gasteiger partial charge in [-0.2, -0.15) is 0 Å². The average Bonchev–Trinajstić information content (AvgIpc) is 3.09. The van der Waals surface area contributed by atoms with E-state index >= 15 is 0 Å². The van der Waals surface area contributed by atoms with Crippen molar-refractivity contribution in [3.05, 3.63) is 65.2 Å². The number of aliphatic hydroxyl groups excluding tert-OH is 1. The van der Waals surface area contributed by atoms with Crippen LogP contribution in [-0.4, -0.2) is 24.2 Å². The molecule has 2 aromatic carbocycles. The van der Waals surface area contributed by atoms with E-state index in [1.165, 1.54) is 0 Å². The summed E-state index contributed by atoms with van der Waals surface area (Å²) in [6.07, 6.45) is 0.879. The number of carbonyl (C=O) groups is 1. The number of benzene rings is 2. The normalized spacial score (nSPS) is 15.2. The Kier molecular flexibility index (Phi) is 5.16. The Morgan fingerprint density at radius 1 is 1.21 bits per heavy atom. The second-order valence-corrected chi connectivity index (χ2v) is 6.10. The minimum Gasteiger partial charge on any atom is -0.493 e. The number of amides is 1. The van der Waals surface area contributed by atoms with Gasteiger partial charge in [0.15, 0.2) is 0 Å². The summed E-state index contributed by atoms with van der Waals surface area (Å²) < 4.78 is 5.48. The first-order chi connectivity index (χ1) is 11.7. The Morgan fingerprint density at radius 3 is 2.75 bits per heavy atom. The van der Waals surface area contributed by atoms with E-state index in [-0.39, 0.29) is 18.4 Å². The van der Waals surface area contributed by atoms with E-state index in [1.807, 2.05) is 55.5 Å². The van der Waals surface area contributed by atoms with Crippen LogP contribution in [0.2, 0.25) is 0 Å². The molecule has 2 N–H and O–H groups in total. The number of fused-ring (bicyclic) bond motifs is 1. The molecule has 3 rings (SSSR count). The summed E-state index contributed by atoms with van der Waals surface area (Å²) in [6.45, 7) is 2.90. The highest BCUT2D eigenvalue weighted by Gasteiger charge is 2.20. The number of nitrogens with one attached hydrogen (secondary N) is 1. The maximum Gasteiger partial charge on any atom is 0.227 e. The molecule has 0 unspecified atom stereocenters. The highest BCUT2D eigenvalue weighted by atomic mass is 16.5. The minimum absolute atomic E-state index is 0.0488. The lowest BCUT2D eigenvalue weighted by molar-refractivity contribution is -0.123. The van der Waals surface area contributed by atoms with Crippen LogP contribution in [0.15, 0.2) is 48.5 Å². The standard InChI is InChI=1S/C20H23NO3/c1-2-17(14-6-4-3-5-7-14)20(23)21-13-18(22)15-8-9-19-16(12-15)10-11-24-19/h3-9,12,17-18,22H,2,10-11,13H2,1H3,(H,21,23)/t17-,18-/m0/s1. The van der Waals surface area contributed by atoms with Gasteiger partial charge in [0.05, 0.1) is 18.6 Å². The van der Waals surface area contributed by atoms with E-state index in [1.54, 1.807) is 0 Å². The summed E-state index contributed by atoms with van der Waals surface area (Å²) in [5.74, 6) is 0.657. The van der Waals surface area contributed by atoms with E-state index in [2.05, 4.69) is 5.32 Å². The summed E-state index contributed by atoms with van der Waals surface area (Å²) in [7, 11) is 0. The Balaban J connectivity index is 1.61. The third-order valence-electron chi connectivity index (χ3n) is 4.49. The van der Waals surface area contributed by atoms with Crippen molar-refractivity contribution in [3.8, 4) is 5.75 Å². The fourth-order valence-electron chi connectivity index (χ4n) is 3.11. The first-order valence-corrected chi connectivity index (χ1v) is 8.45. The van der Waals surface area contributed by atoms with E-state index in [0.29, 0.717) is 6.61 Å². The van der Waals surface area contributed by atoms with Crippen LogP contribution in [0.1, 0.15) is 42.1 Å². The monoisotopic (exact) mass is 325 g/mol. The second kappa shape index (κ2) is 7.49. The molecular weight excluding hydrogens is 302 g/mol. The molecule has 1 amide bonds. The highest BCUT2D eigenvalue weighted by molar-refractivity contribution is 5.83. The van der Waals surface area contributed by atoms with Crippen LogP contribution in [-0.2, 0) is 11.2 Å². The average molecular weight is 325 g/mol. The van der Waals surface area contributed by atoms with Crippen molar-refractivity contribution in [1.29, 1.82) is 0 Å². The third-order valence-corrected chi connectivity index (χ3v) is 4.49. The number of hydrogen-bond donors (Lipinski definition) is 2. The first-order valence-electron chi connectivity index (χ1n) is 8.45. The fraction of sp³-hybridized carbons (Fsp3) is 0.350. The second-order valence-electron chi connectivity index (χ2n) is 6.10. The van der Waals surface area contributed by atoms with Gasteiger partial charge in [-0.1, -0.05) is 43.3 Å². The van der Waals surface area contributed by atoms with Gasteiger partial charge in [-0.05, 0) is 35.2 Å². The maximum atomic E-state index is 12.5. The van der Waals surface area contributed by atoms with Crippen LogP contribution in [0.3, 0.4) is 0 Å². The van der Waals surface area contributed by atoms with Gasteiger partial charge in [0, 0.05) is 13.0 Å². The van der Waals surface area contributed by atoms with Crippen LogP contribution < -0.4 is 10.1 Å². The molecule has 24 heavy (non-hydrogen) atoms. The molecule has 0 aliphatic carbocycles. The summed E-state index contributed by atoms with van der Waals surface area (Å²) in [5, 5.41) is 13.2. The Morgan fingerprint density at radius 2 is 2.00 bits per heavy atom. The predicted octanol–water partition coefficient (Wildman–Crippen LogP) is 2.96. The minimum atomic E-state index is -0.715. The van der Waals surface area contributed by atoms with Gasteiger partial charge < -0.3 is 15.2 Å². The van der Waals surface area contributed by atoms with Crippen LogP contribution >= 0.6 is 0 Å². The first kappa shape index (κ1) is 16.5. The van der Waals surface area contributed by atoms with Crippen molar-refractivity contribution in [1.82, 2.24) is 5.32 Å². The highest BCUT2D eigenvalue weighted by Crippen LogP contribution is 2.28. The molecule has 0 saturated heterocycles. The van der Waals surface area contributed by atoms with E-state index in [0.717, 1.165) is 35.3 Å². The Hall–Kier alpha value is -2.33. The molecule has 2 atom stereocenters. The molecule has 4 nitrogen and oxygen atoms in total. The van der Waals surface area contributed by atoms with Crippen molar-refractivity contribution in [2.45, 2.75) is 31.8 Å². The Labute approximate surface area is 142 Å². The van der Waals surface area contributed by atoms with Gasteiger partial charge >= 0.3 is 0 Å². The Bertz CT molecular complexity index is 699. The number of rotatable bonds is 6. The molecule has 0 aromatic heterocycles. The van der Waals surface area contributed by atoms with Gasteiger partial charge in [0.25, 0.3) is 0 Å². The molecule has 126 valence electrons. The smallest absolute Gasteiger partial charge is 0.227 e. The van der Waals surface area contributed by atoms with Crippen LogP contribution in [0, 0.1) is 0 Å². The van der Waals surface area contributed by atoms with Crippen molar-refractivity contribution >= 4 is 5.91 Å². The summed E-state index contributed by atoms with van der Waals surface area (Å²) >= 11 is 0. The van der Waals surface area contributed by atoms with E-state index in [9.17, 15) is 9.90 Å². The molecule has 0 radical (unpaired) electrons. The molecular formula is C20H23NO3. The maximum absolute atomic E-state index is 12.5. The molecule has 1 heterocycles. The lowest BCUT2D eigenvalue weighted by Crippen LogP contribution is -2.32. The third kappa shape index (κ3) is 3.60. The zero-order valence-corrected chi connectivity index (χ0v) is 13.9. The predicted molar refractivity (Wildman–Crippen MR) is 93.1 cm³/mol. The van der Waals surface area contributed by atoms with Crippen molar-refractivity contribution in [2.24, 2.45) is 0 Å². The van der Waals surface area contributed by atoms with Gasteiger partial charge in [-0.25, -0.2) is 0 Å². The molecule has 2 aromatic rings. The van der Waals surface area contributed by atoms with Gasteiger partial charge in [-0.15, -0.1) is 0 Å². The molecule has 1 aliphatic rings. The number of hydrogen-bond acceptors (Lipinski definition) is 3. The number of ether oxygens (including phenoxy) is 1. The quantitative estimate of drug-likeness (QED) is 0.858. The fourth-order valence-corrected chi connectivity index (χ4v) is 3.11. The van der Waals surface area contributed by atoms with E-state index in [4.69, 9.17) is 4.74 Å². The molecule has 4 heteroatoms. The molecule has 0 spiro atoms. The van der Waals surface area contributed by atoms with Crippen molar-refractivity contribution < 1.29 is 14.6 Å². The van der Waals surface area contributed by atoms with Gasteiger partial charge in [0.1, 0.15) is 5.75 Å². The molecule has 0 bridgehead atoms. The topological polar surface area (TPSA) is 58.6 Å². The van der Waals surface area contributed by atoms with Gasteiger partial charge in [-0.3, -0.25) is 4.79 Å². The van der Waals surface area contributed by atoms with Crippen molar-refractivity contribution in [3.63, 3.8) is 0 Å². The zero-order chi connectivity index (χ0) is 16.9. The largest absolute Gasteiger partial charge is 0.493 e. The molecule has 1 aliphatic heterocycles. The summed E-state index contributed by atoms with van der Waals surface area (Å²) in [5.41, 5.74) is 2.93. The lowest BCUT2D eigenvalue weighted by Gasteiger charge is -2.18. The number of carbonyl (C=O) groups excluding carboxylic acids is 1. The number of aliphatic hydroxyl groups is 1. The van der Waals surface area contributed by atoms with Crippen LogP contribution in [0.25, 0.3) is 0 Å². The van der Waals surface area contributed by atoms with Crippen LogP contribution in [0.4, 0.5) is 0 Å².